The van der Waals surface area contributed by atoms with E-state index in [4.69, 9.17) is 4.74 Å². The first-order valence-corrected chi connectivity index (χ1v) is 8.47. The molecule has 1 aromatic heterocycles. The van der Waals surface area contributed by atoms with Gasteiger partial charge >= 0.3 is 6.36 Å². The highest BCUT2D eigenvalue weighted by Crippen LogP contribution is 2.50. The van der Waals surface area contributed by atoms with Crippen LogP contribution in [-0.2, 0) is 4.79 Å². The molecule has 1 saturated heterocycles. The number of ether oxygens (including phenoxy) is 2. The van der Waals surface area contributed by atoms with E-state index < -0.39 is 17.5 Å². The fraction of sp³-hybridized carbons (Fsp3) is 0.647. The second-order valence-electron chi connectivity index (χ2n) is 7.55. The second kappa shape index (κ2) is 6.61. The first-order chi connectivity index (χ1) is 12.1. The highest BCUT2D eigenvalue weighted by atomic mass is 19.4. The topological polar surface area (TPSA) is 72.5 Å². The number of nitrogens with zero attached hydrogens (tertiary/aromatic N) is 1. The van der Waals surface area contributed by atoms with E-state index >= 15 is 0 Å². The van der Waals surface area contributed by atoms with Gasteiger partial charge in [-0.05, 0) is 38.8 Å². The number of nitrogens with one attached hydrogen (secondary N) is 2. The predicted molar refractivity (Wildman–Crippen MR) is 86.7 cm³/mol. The Morgan fingerprint density at radius 2 is 2.15 bits per heavy atom. The highest BCUT2D eigenvalue weighted by Gasteiger charge is 2.53. The van der Waals surface area contributed by atoms with Crippen molar-refractivity contribution in [2.45, 2.75) is 39.1 Å². The summed E-state index contributed by atoms with van der Waals surface area (Å²) >= 11 is 0. The van der Waals surface area contributed by atoms with Crippen LogP contribution in [0.25, 0.3) is 0 Å². The fourth-order valence-corrected chi connectivity index (χ4v) is 3.05. The molecule has 6 nitrogen and oxygen atoms in total. The summed E-state index contributed by atoms with van der Waals surface area (Å²) < 4.78 is 46.7. The first-order valence-electron chi connectivity index (χ1n) is 8.47. The zero-order valence-corrected chi connectivity index (χ0v) is 14.7. The van der Waals surface area contributed by atoms with Gasteiger partial charge in [0.25, 0.3) is 5.88 Å². The predicted octanol–water partition coefficient (Wildman–Crippen LogP) is 2.25. The summed E-state index contributed by atoms with van der Waals surface area (Å²) in [4.78, 5) is 16.4. The van der Waals surface area contributed by atoms with Gasteiger partial charge in [0.05, 0.1) is 5.41 Å². The van der Waals surface area contributed by atoms with Crippen LogP contribution in [0, 0.1) is 10.8 Å². The summed E-state index contributed by atoms with van der Waals surface area (Å²) in [5, 5.41) is 6.34. The van der Waals surface area contributed by atoms with Crippen molar-refractivity contribution < 1.29 is 27.4 Å². The Morgan fingerprint density at radius 3 is 2.81 bits per heavy atom. The Morgan fingerprint density at radius 1 is 1.42 bits per heavy atom. The lowest BCUT2D eigenvalue weighted by molar-refractivity contribution is -0.275. The van der Waals surface area contributed by atoms with Crippen LogP contribution in [0.5, 0.6) is 11.6 Å². The molecule has 1 aliphatic carbocycles. The van der Waals surface area contributed by atoms with Crippen molar-refractivity contribution in [2.24, 2.45) is 10.8 Å². The zero-order valence-electron chi connectivity index (χ0n) is 14.7. The maximum absolute atomic E-state index is 12.6. The molecule has 2 fully saturated rings. The average Bonchev–Trinajstić information content (AvgIpc) is 3.22. The molecule has 0 aromatic carbocycles. The molecule has 1 saturated carbocycles. The van der Waals surface area contributed by atoms with Crippen molar-refractivity contribution in [1.29, 1.82) is 0 Å². The molecule has 9 heteroatoms. The summed E-state index contributed by atoms with van der Waals surface area (Å²) in [5.74, 6) is -1.04. The van der Waals surface area contributed by atoms with Gasteiger partial charge in [-0.3, -0.25) is 4.79 Å². The van der Waals surface area contributed by atoms with Gasteiger partial charge in [0, 0.05) is 30.7 Å². The normalized spacial score (nSPS) is 21.5. The Balaban J connectivity index is 1.60. The van der Waals surface area contributed by atoms with Gasteiger partial charge in [-0.25, -0.2) is 4.98 Å². The molecule has 0 radical (unpaired) electrons. The third-order valence-electron chi connectivity index (χ3n) is 4.91. The quantitative estimate of drug-likeness (QED) is 0.800. The van der Waals surface area contributed by atoms with E-state index in [1.54, 1.807) is 13.8 Å². The number of carbonyl (C=O) groups excluding carboxylic acids is 1. The van der Waals surface area contributed by atoms with Crippen LogP contribution >= 0.6 is 0 Å². The lowest BCUT2D eigenvalue weighted by atomic mass is 9.91. The molecule has 1 aromatic rings. The summed E-state index contributed by atoms with van der Waals surface area (Å²) in [6.07, 6.45) is -1.36. The molecular formula is C17H22F3N3O3. The number of hydrogen-bond donors (Lipinski definition) is 2. The number of rotatable bonds is 6. The SMILES string of the molecule is CC(C)(COc1ncccc1OC(F)(F)F)C(=O)N[C@H]1CNCC12CC2. The molecule has 0 bridgehead atoms. The molecule has 2 aliphatic rings. The molecule has 2 heterocycles. The smallest absolute Gasteiger partial charge is 0.474 e. The number of alkyl halides is 3. The van der Waals surface area contributed by atoms with Gasteiger partial charge in [0.1, 0.15) is 6.61 Å². The summed E-state index contributed by atoms with van der Waals surface area (Å²) in [7, 11) is 0. The molecule has 1 aliphatic heterocycles. The number of halogens is 3. The Labute approximate surface area is 149 Å². The van der Waals surface area contributed by atoms with Crippen molar-refractivity contribution in [3.8, 4) is 11.6 Å². The molecule has 144 valence electrons. The van der Waals surface area contributed by atoms with E-state index in [9.17, 15) is 18.0 Å². The second-order valence-corrected chi connectivity index (χ2v) is 7.55. The van der Waals surface area contributed by atoms with Crippen molar-refractivity contribution in [2.75, 3.05) is 19.7 Å². The van der Waals surface area contributed by atoms with Crippen LogP contribution in [-0.4, -0.2) is 43.0 Å². The Hall–Kier alpha value is -2.03. The van der Waals surface area contributed by atoms with E-state index in [2.05, 4.69) is 20.4 Å². The standard InChI is InChI=1S/C17H22F3N3O3/c1-15(2,14(24)23-12-8-21-9-16(12)5-6-16)10-25-13-11(4-3-7-22-13)26-17(18,19)20/h3-4,7,12,21H,5-6,8-10H2,1-2H3,(H,23,24)/t12-/m0/s1. The van der Waals surface area contributed by atoms with Crippen molar-refractivity contribution in [3.63, 3.8) is 0 Å². The van der Waals surface area contributed by atoms with Crippen LogP contribution in [0.15, 0.2) is 18.3 Å². The highest BCUT2D eigenvalue weighted by molar-refractivity contribution is 5.82. The van der Waals surface area contributed by atoms with Crippen molar-refractivity contribution in [3.05, 3.63) is 18.3 Å². The lowest BCUT2D eigenvalue weighted by Gasteiger charge is -2.28. The van der Waals surface area contributed by atoms with E-state index in [0.29, 0.717) is 0 Å². The minimum atomic E-state index is -4.85. The summed E-state index contributed by atoms with van der Waals surface area (Å²) in [6, 6.07) is 2.51. The van der Waals surface area contributed by atoms with Gasteiger partial charge in [-0.1, -0.05) is 0 Å². The van der Waals surface area contributed by atoms with Crippen molar-refractivity contribution >= 4 is 5.91 Å². The van der Waals surface area contributed by atoms with Crippen LogP contribution in [0.2, 0.25) is 0 Å². The maximum Gasteiger partial charge on any atom is 0.573 e. The van der Waals surface area contributed by atoms with Gasteiger partial charge in [0.2, 0.25) is 5.91 Å². The van der Waals surface area contributed by atoms with Crippen molar-refractivity contribution in [1.82, 2.24) is 15.6 Å². The number of carbonyl (C=O) groups is 1. The van der Waals surface area contributed by atoms with Crippen LogP contribution in [0.1, 0.15) is 26.7 Å². The monoisotopic (exact) mass is 373 g/mol. The van der Waals surface area contributed by atoms with Crippen LogP contribution < -0.4 is 20.1 Å². The number of hydrogen-bond acceptors (Lipinski definition) is 5. The molecule has 0 unspecified atom stereocenters. The van der Waals surface area contributed by atoms with Gasteiger partial charge in [0.15, 0.2) is 5.75 Å². The lowest BCUT2D eigenvalue weighted by Crippen LogP contribution is -2.48. The summed E-state index contributed by atoms with van der Waals surface area (Å²) in [5.41, 5.74) is -0.771. The minimum Gasteiger partial charge on any atom is -0.474 e. The molecule has 1 spiro atoms. The van der Waals surface area contributed by atoms with Crippen LogP contribution in [0.4, 0.5) is 13.2 Å². The Bertz CT molecular complexity index is 675. The molecule has 2 N–H and O–H groups in total. The summed E-state index contributed by atoms with van der Waals surface area (Å²) in [6.45, 7) is 4.86. The molecular weight excluding hydrogens is 351 g/mol. The number of aromatic nitrogens is 1. The minimum absolute atomic E-state index is 0.0771. The van der Waals surface area contributed by atoms with E-state index in [0.717, 1.165) is 32.0 Å². The molecule has 26 heavy (non-hydrogen) atoms. The fourth-order valence-electron chi connectivity index (χ4n) is 3.05. The molecule has 1 amide bonds. The first kappa shape index (κ1) is 18.8. The van der Waals surface area contributed by atoms with Gasteiger partial charge in [-0.2, -0.15) is 0 Å². The van der Waals surface area contributed by atoms with Crippen LogP contribution in [0.3, 0.4) is 0 Å². The third kappa shape index (κ3) is 4.20. The van der Waals surface area contributed by atoms with E-state index in [-0.39, 0.29) is 29.9 Å². The van der Waals surface area contributed by atoms with Gasteiger partial charge < -0.3 is 20.1 Å². The maximum atomic E-state index is 12.6. The largest absolute Gasteiger partial charge is 0.573 e. The number of pyridine rings is 1. The number of amides is 1. The van der Waals surface area contributed by atoms with Gasteiger partial charge in [-0.15, -0.1) is 13.2 Å². The third-order valence-corrected chi connectivity index (χ3v) is 4.91. The van der Waals surface area contributed by atoms with E-state index in [1.807, 2.05) is 0 Å². The molecule has 3 rings (SSSR count). The van der Waals surface area contributed by atoms with E-state index in [1.165, 1.54) is 12.3 Å². The zero-order chi connectivity index (χ0) is 19.0. The Kier molecular flexibility index (Phi) is 4.76. The molecule has 1 atom stereocenters. The average molecular weight is 373 g/mol.